The molecular formula is C14H15N3O3. The fourth-order valence-electron chi connectivity index (χ4n) is 2.75. The van der Waals surface area contributed by atoms with E-state index in [0.29, 0.717) is 22.7 Å². The van der Waals surface area contributed by atoms with E-state index in [2.05, 4.69) is 0 Å². The maximum absolute atomic E-state index is 12.2. The van der Waals surface area contributed by atoms with Crippen LogP contribution in [0.4, 0.5) is 0 Å². The molecular weight excluding hydrogens is 258 g/mol. The number of rotatable bonds is 2. The topological polar surface area (TPSA) is 90.3 Å². The lowest BCUT2D eigenvalue weighted by Gasteiger charge is -2.25. The summed E-state index contributed by atoms with van der Waals surface area (Å²) in [6, 6.07) is 3.74. The first-order valence-corrected chi connectivity index (χ1v) is 6.38. The van der Waals surface area contributed by atoms with Crippen molar-refractivity contribution < 1.29 is 14.3 Å². The third-order valence-electron chi connectivity index (χ3n) is 3.56. The molecule has 0 spiro atoms. The third-order valence-corrected chi connectivity index (χ3v) is 3.56. The standard InChI is InChI=1S/C14H15N3O3/c1-3-19-14(18)9-7(2)20-13(16)11-10(9)8-5-4-6-17(8)12(11)15/h4-6,10,16H,3,15H2,1-2H3. The fraction of sp³-hybridized carbons (Fsp3) is 0.286. The summed E-state index contributed by atoms with van der Waals surface area (Å²) in [5, 5.41) is 7.96. The molecule has 0 radical (unpaired) electrons. The highest BCUT2D eigenvalue weighted by Crippen LogP contribution is 2.45. The Labute approximate surface area is 116 Å². The van der Waals surface area contributed by atoms with Crippen LogP contribution in [-0.2, 0) is 14.3 Å². The molecule has 6 heteroatoms. The van der Waals surface area contributed by atoms with Crippen molar-refractivity contribution in [3.05, 3.63) is 40.9 Å². The number of ether oxygens (including phenoxy) is 2. The zero-order valence-corrected chi connectivity index (χ0v) is 11.3. The Balaban J connectivity index is 2.19. The van der Waals surface area contributed by atoms with Crippen molar-refractivity contribution in [2.75, 3.05) is 6.61 Å². The molecule has 20 heavy (non-hydrogen) atoms. The summed E-state index contributed by atoms with van der Waals surface area (Å²) in [5.41, 5.74) is 7.86. The predicted molar refractivity (Wildman–Crippen MR) is 72.7 cm³/mol. The number of nitrogens with two attached hydrogens (primary N) is 1. The number of carbonyl (C=O) groups is 1. The second-order valence-corrected chi connectivity index (χ2v) is 4.66. The van der Waals surface area contributed by atoms with E-state index >= 15 is 0 Å². The van der Waals surface area contributed by atoms with Gasteiger partial charge in [0.1, 0.15) is 11.6 Å². The summed E-state index contributed by atoms with van der Waals surface area (Å²) >= 11 is 0. The minimum absolute atomic E-state index is 0.0123. The van der Waals surface area contributed by atoms with Crippen molar-refractivity contribution in [2.45, 2.75) is 19.8 Å². The van der Waals surface area contributed by atoms with Crippen molar-refractivity contribution in [1.29, 1.82) is 5.41 Å². The maximum Gasteiger partial charge on any atom is 0.338 e. The van der Waals surface area contributed by atoms with Gasteiger partial charge in [0.05, 0.1) is 23.7 Å². The van der Waals surface area contributed by atoms with Gasteiger partial charge in [-0.1, -0.05) is 0 Å². The smallest absolute Gasteiger partial charge is 0.338 e. The van der Waals surface area contributed by atoms with Crippen LogP contribution in [0.5, 0.6) is 0 Å². The van der Waals surface area contributed by atoms with E-state index in [1.54, 1.807) is 24.6 Å². The van der Waals surface area contributed by atoms with Gasteiger partial charge in [-0.25, -0.2) is 4.79 Å². The maximum atomic E-state index is 12.2. The van der Waals surface area contributed by atoms with Gasteiger partial charge >= 0.3 is 5.97 Å². The van der Waals surface area contributed by atoms with Gasteiger partial charge in [0.15, 0.2) is 0 Å². The number of fused-ring (bicyclic) bond motifs is 3. The lowest BCUT2D eigenvalue weighted by Crippen LogP contribution is -2.26. The molecule has 1 unspecified atom stereocenters. The molecule has 0 amide bonds. The van der Waals surface area contributed by atoms with Crippen LogP contribution in [0.3, 0.4) is 0 Å². The lowest BCUT2D eigenvalue weighted by molar-refractivity contribution is -0.139. The Bertz CT molecular complexity index is 682. The van der Waals surface area contributed by atoms with Crippen LogP contribution in [0.15, 0.2) is 35.2 Å². The van der Waals surface area contributed by atoms with Crippen molar-refractivity contribution >= 4 is 17.7 Å². The van der Waals surface area contributed by atoms with Crippen LogP contribution in [0.2, 0.25) is 0 Å². The van der Waals surface area contributed by atoms with Crippen molar-refractivity contribution in [2.24, 2.45) is 5.73 Å². The fourth-order valence-corrected chi connectivity index (χ4v) is 2.75. The highest BCUT2D eigenvalue weighted by atomic mass is 16.5. The molecule has 0 fully saturated rings. The molecule has 2 aliphatic heterocycles. The van der Waals surface area contributed by atoms with Crippen LogP contribution >= 0.6 is 0 Å². The summed E-state index contributed by atoms with van der Waals surface area (Å²) in [5.74, 6) is -0.00607. The van der Waals surface area contributed by atoms with Crippen LogP contribution in [-0.4, -0.2) is 23.0 Å². The third kappa shape index (κ3) is 1.51. The Morgan fingerprint density at radius 1 is 1.60 bits per heavy atom. The highest BCUT2D eigenvalue weighted by molar-refractivity contribution is 6.06. The number of hydrogen-bond donors (Lipinski definition) is 2. The first kappa shape index (κ1) is 12.5. The Hall–Kier alpha value is -2.50. The average molecular weight is 273 g/mol. The molecule has 3 heterocycles. The normalized spacial score (nSPS) is 20.7. The molecule has 0 aliphatic carbocycles. The number of allylic oxidation sites excluding steroid dienone is 1. The Kier molecular flexibility index (Phi) is 2.67. The van der Waals surface area contributed by atoms with Gasteiger partial charge < -0.3 is 19.8 Å². The molecule has 0 saturated carbocycles. The van der Waals surface area contributed by atoms with E-state index in [9.17, 15) is 4.79 Å². The molecule has 104 valence electrons. The van der Waals surface area contributed by atoms with Gasteiger partial charge in [-0.3, -0.25) is 5.41 Å². The van der Waals surface area contributed by atoms with E-state index in [-0.39, 0.29) is 18.4 Å². The van der Waals surface area contributed by atoms with Gasteiger partial charge in [-0.05, 0) is 26.0 Å². The van der Waals surface area contributed by atoms with E-state index in [1.807, 2.05) is 12.1 Å². The molecule has 0 aromatic carbocycles. The van der Waals surface area contributed by atoms with Gasteiger partial charge in [0.2, 0.25) is 5.90 Å². The Morgan fingerprint density at radius 3 is 3.05 bits per heavy atom. The van der Waals surface area contributed by atoms with Crippen LogP contribution in [0, 0.1) is 5.41 Å². The summed E-state index contributed by atoms with van der Waals surface area (Å²) in [4.78, 5) is 12.2. The zero-order chi connectivity index (χ0) is 14.4. The molecule has 1 aromatic heterocycles. The second-order valence-electron chi connectivity index (χ2n) is 4.66. The molecule has 1 aromatic rings. The zero-order valence-electron chi connectivity index (χ0n) is 11.3. The number of aromatic nitrogens is 1. The van der Waals surface area contributed by atoms with Crippen molar-refractivity contribution in [3.63, 3.8) is 0 Å². The molecule has 6 nitrogen and oxygen atoms in total. The summed E-state index contributed by atoms with van der Waals surface area (Å²) in [6.45, 7) is 3.71. The van der Waals surface area contributed by atoms with Crippen LogP contribution in [0.1, 0.15) is 25.5 Å². The minimum Gasteiger partial charge on any atom is -0.463 e. The monoisotopic (exact) mass is 273 g/mol. The predicted octanol–water partition coefficient (Wildman–Crippen LogP) is 1.56. The largest absolute Gasteiger partial charge is 0.463 e. The van der Waals surface area contributed by atoms with Crippen LogP contribution in [0.25, 0.3) is 5.82 Å². The number of nitrogens with one attached hydrogen (secondary N) is 1. The van der Waals surface area contributed by atoms with Crippen molar-refractivity contribution in [1.82, 2.24) is 4.57 Å². The van der Waals surface area contributed by atoms with Gasteiger partial charge in [0.25, 0.3) is 0 Å². The molecule has 3 N–H and O–H groups in total. The van der Waals surface area contributed by atoms with Gasteiger partial charge in [-0.15, -0.1) is 0 Å². The SMILES string of the molecule is CCOC(=O)C1=C(C)OC(=N)C2=C(N)n3cccc3C12. The molecule has 2 aliphatic rings. The van der Waals surface area contributed by atoms with Gasteiger partial charge in [0, 0.05) is 11.9 Å². The quantitative estimate of drug-likeness (QED) is 0.800. The summed E-state index contributed by atoms with van der Waals surface area (Å²) in [6.07, 6.45) is 1.81. The molecule has 0 bridgehead atoms. The number of nitrogens with zero attached hydrogens (tertiary/aromatic N) is 1. The molecule has 3 rings (SSSR count). The van der Waals surface area contributed by atoms with Gasteiger partial charge in [-0.2, -0.15) is 0 Å². The highest BCUT2D eigenvalue weighted by Gasteiger charge is 2.43. The second kappa shape index (κ2) is 4.26. The first-order chi connectivity index (χ1) is 9.56. The van der Waals surface area contributed by atoms with Crippen molar-refractivity contribution in [3.8, 4) is 0 Å². The average Bonchev–Trinajstić information content (AvgIpc) is 2.94. The number of carbonyl (C=O) groups excluding carboxylic acids is 1. The van der Waals surface area contributed by atoms with E-state index in [0.717, 1.165) is 5.69 Å². The first-order valence-electron chi connectivity index (χ1n) is 6.38. The van der Waals surface area contributed by atoms with E-state index < -0.39 is 5.97 Å². The summed E-state index contributed by atoms with van der Waals surface area (Å²) < 4.78 is 12.2. The summed E-state index contributed by atoms with van der Waals surface area (Å²) in [7, 11) is 0. The molecule has 1 atom stereocenters. The lowest BCUT2D eigenvalue weighted by atomic mass is 9.87. The Morgan fingerprint density at radius 2 is 2.35 bits per heavy atom. The molecule has 0 saturated heterocycles. The van der Waals surface area contributed by atoms with Crippen LogP contribution < -0.4 is 5.73 Å². The number of hydrogen-bond acceptors (Lipinski definition) is 5. The minimum atomic E-state index is -0.428. The van der Waals surface area contributed by atoms with E-state index in [4.69, 9.17) is 20.6 Å². The van der Waals surface area contributed by atoms with E-state index in [1.165, 1.54) is 0 Å². The number of esters is 1.